The van der Waals surface area contributed by atoms with Crippen LogP contribution in [0.4, 0.5) is 0 Å². The van der Waals surface area contributed by atoms with Gasteiger partial charge in [0.2, 0.25) is 11.8 Å². The lowest BCUT2D eigenvalue weighted by molar-refractivity contribution is 0.395. The van der Waals surface area contributed by atoms with Gasteiger partial charge in [0.15, 0.2) is 0 Å². The lowest BCUT2D eigenvalue weighted by Crippen LogP contribution is -1.98. The molecule has 0 radical (unpaired) electrons. The molecule has 4 heteroatoms. The van der Waals surface area contributed by atoms with E-state index in [4.69, 9.17) is 16.0 Å². The van der Waals surface area contributed by atoms with Gasteiger partial charge < -0.3 is 4.42 Å². The van der Waals surface area contributed by atoms with Gasteiger partial charge in [0.25, 0.3) is 0 Å². The van der Waals surface area contributed by atoms with Gasteiger partial charge in [-0.2, -0.15) is 0 Å². The molecule has 0 N–H and O–H groups in total. The van der Waals surface area contributed by atoms with Gasteiger partial charge in [-0.25, -0.2) is 0 Å². The minimum atomic E-state index is 0.304. The Morgan fingerprint density at radius 2 is 1.86 bits per heavy atom. The first-order chi connectivity index (χ1) is 6.81. The molecule has 1 aromatic rings. The molecule has 0 saturated heterocycles. The van der Waals surface area contributed by atoms with Crippen molar-refractivity contribution >= 4 is 11.6 Å². The molecular formula is C10H17ClN2O. The predicted octanol–water partition coefficient (Wildman–Crippen LogP) is 3.49. The smallest absolute Gasteiger partial charge is 0.231 e. The highest BCUT2D eigenvalue weighted by Crippen LogP contribution is 2.25. The van der Waals surface area contributed by atoms with E-state index in [1.165, 1.54) is 0 Å². The Kier molecular flexibility index (Phi) is 4.94. The number of halogens is 1. The Morgan fingerprint density at radius 3 is 2.29 bits per heavy atom. The summed E-state index contributed by atoms with van der Waals surface area (Å²) in [5.41, 5.74) is 0. The van der Waals surface area contributed by atoms with Gasteiger partial charge in [0.05, 0.1) is 0 Å². The van der Waals surface area contributed by atoms with E-state index in [-0.39, 0.29) is 0 Å². The van der Waals surface area contributed by atoms with E-state index in [2.05, 4.69) is 24.0 Å². The van der Waals surface area contributed by atoms with Gasteiger partial charge in [-0.15, -0.1) is 21.8 Å². The molecule has 1 heterocycles. The van der Waals surface area contributed by atoms with Gasteiger partial charge >= 0.3 is 0 Å². The van der Waals surface area contributed by atoms with Crippen molar-refractivity contribution in [1.82, 2.24) is 10.2 Å². The van der Waals surface area contributed by atoms with Crippen molar-refractivity contribution in [3.05, 3.63) is 11.8 Å². The number of nitrogens with zero attached hydrogens (tertiary/aromatic N) is 2. The Morgan fingerprint density at radius 1 is 1.21 bits per heavy atom. The molecule has 0 fully saturated rings. The summed E-state index contributed by atoms with van der Waals surface area (Å²) in [7, 11) is 0. The van der Waals surface area contributed by atoms with Crippen LogP contribution in [0.15, 0.2) is 4.42 Å². The second kappa shape index (κ2) is 6.02. The van der Waals surface area contributed by atoms with Crippen LogP contribution in [0.5, 0.6) is 0 Å². The highest BCUT2D eigenvalue weighted by atomic mass is 35.5. The summed E-state index contributed by atoms with van der Waals surface area (Å²) in [6.45, 7) is 4.34. The topological polar surface area (TPSA) is 38.9 Å². The Balaban J connectivity index is 2.65. The molecule has 1 aromatic heterocycles. The van der Waals surface area contributed by atoms with Crippen molar-refractivity contribution < 1.29 is 4.42 Å². The third kappa shape index (κ3) is 2.98. The molecule has 1 rings (SSSR count). The van der Waals surface area contributed by atoms with Crippen molar-refractivity contribution in [3.63, 3.8) is 0 Å². The molecule has 14 heavy (non-hydrogen) atoms. The maximum atomic E-state index is 5.60. The molecule has 80 valence electrons. The summed E-state index contributed by atoms with van der Waals surface area (Å²) in [5, 5.41) is 7.89. The van der Waals surface area contributed by atoms with Crippen LogP contribution in [0.2, 0.25) is 0 Å². The van der Waals surface area contributed by atoms with Crippen LogP contribution in [0, 0.1) is 0 Å². The fraction of sp³-hybridized carbons (Fsp3) is 0.800. The van der Waals surface area contributed by atoms with E-state index in [1.807, 2.05) is 0 Å². The van der Waals surface area contributed by atoms with E-state index in [0.717, 1.165) is 31.6 Å². The molecule has 0 aliphatic heterocycles. The molecule has 0 saturated carbocycles. The van der Waals surface area contributed by atoms with Gasteiger partial charge in [-0.3, -0.25) is 0 Å². The second-order valence-electron chi connectivity index (χ2n) is 3.44. The summed E-state index contributed by atoms with van der Waals surface area (Å²) in [6, 6.07) is 0. The van der Waals surface area contributed by atoms with E-state index < -0.39 is 0 Å². The third-order valence-corrected chi connectivity index (χ3v) is 2.45. The van der Waals surface area contributed by atoms with Gasteiger partial charge in [0, 0.05) is 5.92 Å². The normalized spacial score (nSPS) is 11.1. The van der Waals surface area contributed by atoms with Crippen LogP contribution in [0.3, 0.4) is 0 Å². The number of hydrogen-bond acceptors (Lipinski definition) is 3. The fourth-order valence-electron chi connectivity index (χ4n) is 1.57. The minimum absolute atomic E-state index is 0.304. The van der Waals surface area contributed by atoms with Crippen LogP contribution in [0.1, 0.15) is 57.2 Å². The molecule has 0 aliphatic carbocycles. The minimum Gasteiger partial charge on any atom is -0.424 e. The summed E-state index contributed by atoms with van der Waals surface area (Å²) in [5.74, 6) is 2.00. The summed E-state index contributed by atoms with van der Waals surface area (Å²) < 4.78 is 5.45. The van der Waals surface area contributed by atoms with Crippen LogP contribution in [0.25, 0.3) is 0 Å². The van der Waals surface area contributed by atoms with Gasteiger partial charge in [-0.05, 0) is 12.8 Å². The number of hydrogen-bond donors (Lipinski definition) is 0. The average molecular weight is 217 g/mol. The maximum Gasteiger partial charge on any atom is 0.231 e. The first-order valence-corrected chi connectivity index (χ1v) is 5.73. The van der Waals surface area contributed by atoms with Gasteiger partial charge in [0.1, 0.15) is 5.88 Å². The average Bonchev–Trinajstić information content (AvgIpc) is 2.65. The van der Waals surface area contributed by atoms with Crippen LogP contribution in [-0.4, -0.2) is 10.2 Å². The van der Waals surface area contributed by atoms with Crippen molar-refractivity contribution in [2.45, 2.75) is 51.3 Å². The van der Waals surface area contributed by atoms with E-state index in [1.54, 1.807) is 0 Å². The first-order valence-electron chi connectivity index (χ1n) is 5.20. The first kappa shape index (κ1) is 11.5. The van der Waals surface area contributed by atoms with E-state index >= 15 is 0 Å². The zero-order chi connectivity index (χ0) is 10.4. The van der Waals surface area contributed by atoms with Crippen LogP contribution >= 0.6 is 11.6 Å². The quantitative estimate of drug-likeness (QED) is 0.684. The van der Waals surface area contributed by atoms with Crippen molar-refractivity contribution in [2.24, 2.45) is 0 Å². The highest BCUT2D eigenvalue weighted by Gasteiger charge is 2.16. The van der Waals surface area contributed by atoms with Crippen molar-refractivity contribution in [2.75, 3.05) is 0 Å². The largest absolute Gasteiger partial charge is 0.424 e. The summed E-state index contributed by atoms with van der Waals surface area (Å²) >= 11 is 5.60. The monoisotopic (exact) mass is 216 g/mol. The second-order valence-corrected chi connectivity index (χ2v) is 3.71. The Labute approximate surface area is 89.9 Å². The molecule has 3 nitrogen and oxygen atoms in total. The summed E-state index contributed by atoms with van der Waals surface area (Å²) in [6.07, 6.45) is 4.50. The summed E-state index contributed by atoms with van der Waals surface area (Å²) in [4.78, 5) is 0. The van der Waals surface area contributed by atoms with E-state index in [9.17, 15) is 0 Å². The van der Waals surface area contributed by atoms with Crippen molar-refractivity contribution in [3.8, 4) is 0 Å². The van der Waals surface area contributed by atoms with E-state index in [0.29, 0.717) is 17.7 Å². The molecule has 0 aliphatic rings. The Hall–Kier alpha value is -0.570. The molecular weight excluding hydrogens is 200 g/mol. The standard InChI is InChI=1S/C10H17ClN2O/c1-3-5-8(6-4-2)10-13-12-9(7-11)14-10/h8H,3-7H2,1-2H3. The zero-order valence-corrected chi connectivity index (χ0v) is 9.55. The lowest BCUT2D eigenvalue weighted by Gasteiger charge is -2.09. The zero-order valence-electron chi connectivity index (χ0n) is 8.79. The highest BCUT2D eigenvalue weighted by molar-refractivity contribution is 6.16. The van der Waals surface area contributed by atoms with Crippen molar-refractivity contribution in [1.29, 1.82) is 0 Å². The predicted molar refractivity (Wildman–Crippen MR) is 56.4 cm³/mol. The fourth-order valence-corrected chi connectivity index (χ4v) is 1.68. The molecule has 0 aromatic carbocycles. The molecule has 0 bridgehead atoms. The molecule has 0 atom stereocenters. The third-order valence-electron chi connectivity index (χ3n) is 2.22. The van der Waals surface area contributed by atoms with Crippen LogP contribution < -0.4 is 0 Å². The van der Waals surface area contributed by atoms with Gasteiger partial charge in [-0.1, -0.05) is 26.7 Å². The number of rotatable bonds is 6. The molecule has 0 unspecified atom stereocenters. The Bertz CT molecular complexity index is 256. The lowest BCUT2D eigenvalue weighted by atomic mass is 9.98. The number of aromatic nitrogens is 2. The number of alkyl halides is 1. The molecule has 0 amide bonds. The molecule has 0 spiro atoms. The maximum absolute atomic E-state index is 5.60. The van der Waals surface area contributed by atoms with Crippen LogP contribution in [-0.2, 0) is 5.88 Å². The SMILES string of the molecule is CCCC(CCC)c1nnc(CCl)o1.